The molecule has 5 aromatic carbocycles. The van der Waals surface area contributed by atoms with Crippen LogP contribution < -0.4 is 26.0 Å². The molecule has 1 aliphatic heterocycles. The molecule has 0 radical (unpaired) electrons. The molecule has 5 nitrogen and oxygen atoms in total. The summed E-state index contributed by atoms with van der Waals surface area (Å²) in [6.07, 6.45) is 6.04. The summed E-state index contributed by atoms with van der Waals surface area (Å²) in [6.45, 7) is 14.4. The SMILES string of the molecule is Cc1cc(C)c(B(c2ccc(-n3c4ccc(Oc5cccc(N6C=CN(C)C6)c5)cc4c4ncccc43)cc2)c2c(C)cc(C)cc2C)c(C)c1. The average molecular weight is 667 g/mol. The van der Waals surface area contributed by atoms with Crippen LogP contribution >= 0.6 is 0 Å². The number of hydrogen-bond acceptors (Lipinski definition) is 4. The molecular weight excluding hydrogens is 623 g/mol. The van der Waals surface area contributed by atoms with Crippen LogP contribution in [0.1, 0.15) is 33.4 Å². The van der Waals surface area contributed by atoms with Gasteiger partial charge in [-0.2, -0.15) is 0 Å². The Labute approximate surface area is 301 Å². The van der Waals surface area contributed by atoms with Crippen LogP contribution in [0.25, 0.3) is 27.6 Å². The largest absolute Gasteiger partial charge is 0.457 e. The number of pyridine rings is 1. The van der Waals surface area contributed by atoms with Crippen molar-refractivity contribution in [1.29, 1.82) is 0 Å². The number of anilines is 1. The van der Waals surface area contributed by atoms with E-state index in [0.717, 1.165) is 51.5 Å². The Kier molecular flexibility index (Phi) is 8.18. The summed E-state index contributed by atoms with van der Waals surface area (Å²) >= 11 is 0. The van der Waals surface area contributed by atoms with Gasteiger partial charge in [-0.25, -0.2) is 0 Å². The molecule has 0 spiro atoms. The molecule has 0 atom stereocenters. The number of rotatable bonds is 7. The van der Waals surface area contributed by atoms with E-state index in [2.05, 4.69) is 160 Å². The highest BCUT2D eigenvalue weighted by molar-refractivity contribution is 6.96. The molecule has 252 valence electrons. The summed E-state index contributed by atoms with van der Waals surface area (Å²) in [7, 11) is 2.07. The van der Waals surface area contributed by atoms with E-state index in [0.29, 0.717) is 0 Å². The van der Waals surface area contributed by atoms with Crippen LogP contribution in [0.5, 0.6) is 11.5 Å². The second-order valence-electron chi connectivity index (χ2n) is 14.3. The highest BCUT2D eigenvalue weighted by Gasteiger charge is 2.28. The molecule has 0 aliphatic carbocycles. The summed E-state index contributed by atoms with van der Waals surface area (Å²) in [4.78, 5) is 9.21. The first kappa shape index (κ1) is 32.5. The second-order valence-corrected chi connectivity index (χ2v) is 14.3. The Morgan fingerprint density at radius 2 is 1.25 bits per heavy atom. The van der Waals surface area contributed by atoms with E-state index in [4.69, 9.17) is 9.72 Å². The first-order chi connectivity index (χ1) is 24.6. The third-order valence-electron chi connectivity index (χ3n) is 10.3. The zero-order valence-electron chi connectivity index (χ0n) is 30.5. The van der Waals surface area contributed by atoms with Gasteiger partial charge in [0, 0.05) is 48.5 Å². The number of aromatic nitrogens is 2. The van der Waals surface area contributed by atoms with Gasteiger partial charge in [-0.15, -0.1) is 0 Å². The van der Waals surface area contributed by atoms with Crippen molar-refractivity contribution in [2.75, 3.05) is 18.6 Å². The lowest BCUT2D eigenvalue weighted by Crippen LogP contribution is -2.55. The zero-order chi connectivity index (χ0) is 35.4. The van der Waals surface area contributed by atoms with Gasteiger partial charge in [0.2, 0.25) is 6.71 Å². The summed E-state index contributed by atoms with van der Waals surface area (Å²) in [5, 5.41) is 1.06. The van der Waals surface area contributed by atoms with Gasteiger partial charge in [-0.05, 0) is 96.1 Å². The van der Waals surface area contributed by atoms with E-state index in [1.807, 2.05) is 24.4 Å². The topological polar surface area (TPSA) is 33.5 Å². The average Bonchev–Trinajstić information content (AvgIpc) is 3.68. The number of fused-ring (bicyclic) bond motifs is 3. The van der Waals surface area contributed by atoms with Crippen molar-refractivity contribution < 1.29 is 4.74 Å². The lowest BCUT2D eigenvalue weighted by Gasteiger charge is -2.25. The van der Waals surface area contributed by atoms with E-state index < -0.39 is 0 Å². The third kappa shape index (κ3) is 5.95. The minimum atomic E-state index is 0.126. The second kappa shape index (κ2) is 12.9. The van der Waals surface area contributed by atoms with Crippen molar-refractivity contribution >= 4 is 50.7 Å². The van der Waals surface area contributed by atoms with Gasteiger partial charge < -0.3 is 19.1 Å². The number of benzene rings is 5. The van der Waals surface area contributed by atoms with Crippen molar-refractivity contribution in [3.63, 3.8) is 0 Å². The van der Waals surface area contributed by atoms with Crippen molar-refractivity contribution in [2.45, 2.75) is 41.5 Å². The van der Waals surface area contributed by atoms with E-state index in [1.165, 1.54) is 49.8 Å². The van der Waals surface area contributed by atoms with Crippen LogP contribution in [0.3, 0.4) is 0 Å². The summed E-state index contributed by atoms with van der Waals surface area (Å²) in [6, 6.07) is 37.2. The quantitative estimate of drug-likeness (QED) is 0.160. The zero-order valence-corrected chi connectivity index (χ0v) is 30.5. The molecule has 2 aromatic heterocycles. The highest BCUT2D eigenvalue weighted by Crippen LogP contribution is 2.35. The fourth-order valence-corrected chi connectivity index (χ4v) is 8.30. The van der Waals surface area contributed by atoms with Crippen LogP contribution in [0.15, 0.2) is 122 Å². The van der Waals surface area contributed by atoms with E-state index in [9.17, 15) is 0 Å². The van der Waals surface area contributed by atoms with Gasteiger partial charge in [0.15, 0.2) is 0 Å². The van der Waals surface area contributed by atoms with Crippen LogP contribution in [-0.4, -0.2) is 34.9 Å². The Bertz CT molecular complexity index is 2370. The van der Waals surface area contributed by atoms with E-state index in [-0.39, 0.29) is 6.71 Å². The monoisotopic (exact) mass is 666 g/mol. The summed E-state index contributed by atoms with van der Waals surface area (Å²) in [5.74, 6) is 1.58. The molecule has 0 saturated carbocycles. The Morgan fingerprint density at radius 3 is 1.88 bits per heavy atom. The van der Waals surface area contributed by atoms with Gasteiger partial charge >= 0.3 is 0 Å². The lowest BCUT2D eigenvalue weighted by atomic mass is 9.34. The molecule has 0 bridgehead atoms. The normalized spacial score (nSPS) is 12.8. The predicted octanol–water partition coefficient (Wildman–Crippen LogP) is 8.52. The fraction of sp³-hybridized carbons (Fsp3) is 0.178. The molecule has 1 aliphatic rings. The molecule has 0 N–H and O–H groups in total. The van der Waals surface area contributed by atoms with Crippen LogP contribution in [0.2, 0.25) is 0 Å². The maximum absolute atomic E-state index is 6.46. The third-order valence-corrected chi connectivity index (χ3v) is 10.3. The molecule has 8 rings (SSSR count). The van der Waals surface area contributed by atoms with Gasteiger partial charge in [-0.1, -0.05) is 92.2 Å². The lowest BCUT2D eigenvalue weighted by molar-refractivity contribution is 0.481. The molecule has 3 heterocycles. The minimum Gasteiger partial charge on any atom is -0.457 e. The Morgan fingerprint density at radius 1 is 0.608 bits per heavy atom. The Balaban J connectivity index is 1.20. The van der Waals surface area contributed by atoms with E-state index >= 15 is 0 Å². The summed E-state index contributed by atoms with van der Waals surface area (Å²) < 4.78 is 8.78. The van der Waals surface area contributed by atoms with Gasteiger partial charge in [0.25, 0.3) is 0 Å². The minimum absolute atomic E-state index is 0.126. The first-order valence-electron chi connectivity index (χ1n) is 17.7. The van der Waals surface area contributed by atoms with Crippen molar-refractivity contribution in [3.8, 4) is 17.2 Å². The predicted molar refractivity (Wildman–Crippen MR) is 215 cm³/mol. The van der Waals surface area contributed by atoms with Gasteiger partial charge in [-0.3, -0.25) is 4.98 Å². The van der Waals surface area contributed by atoms with Crippen LogP contribution in [-0.2, 0) is 0 Å². The number of ether oxygens (including phenoxy) is 1. The molecule has 6 heteroatoms. The highest BCUT2D eigenvalue weighted by atomic mass is 16.5. The number of hydrogen-bond donors (Lipinski definition) is 0. The summed E-state index contributed by atoms with van der Waals surface area (Å²) in [5.41, 5.74) is 17.3. The molecule has 0 unspecified atom stereocenters. The molecule has 0 saturated heterocycles. The maximum atomic E-state index is 6.46. The standard InChI is InChI=1S/C45H43BN4O/c1-29-22-31(3)43(32(4)23-29)46(44-33(5)24-30(2)25-34(44)6)35-13-15-36(16-14-35)50-41-18-17-39(27-40(41)45-42(50)12-9-19-47-45)51-38-11-8-10-37(26-38)49-21-20-48(7)28-49/h8-27H,28H2,1-7H3. The molecule has 0 fully saturated rings. The Hall–Kier alpha value is -5.75. The molecular formula is C45H43BN4O. The van der Waals surface area contributed by atoms with Crippen molar-refractivity contribution in [1.82, 2.24) is 14.5 Å². The number of aryl methyl sites for hydroxylation is 6. The van der Waals surface area contributed by atoms with Crippen molar-refractivity contribution in [2.24, 2.45) is 0 Å². The maximum Gasteiger partial charge on any atom is 0.242 e. The fourth-order valence-electron chi connectivity index (χ4n) is 8.30. The first-order valence-corrected chi connectivity index (χ1v) is 17.7. The smallest absolute Gasteiger partial charge is 0.242 e. The van der Waals surface area contributed by atoms with Crippen LogP contribution in [0, 0.1) is 41.5 Å². The molecule has 7 aromatic rings. The van der Waals surface area contributed by atoms with Gasteiger partial charge in [0.1, 0.15) is 11.5 Å². The van der Waals surface area contributed by atoms with Crippen LogP contribution in [0.4, 0.5) is 5.69 Å². The number of nitrogens with zero attached hydrogens (tertiary/aromatic N) is 4. The van der Waals surface area contributed by atoms with E-state index in [1.54, 1.807) is 0 Å². The molecule has 51 heavy (non-hydrogen) atoms. The van der Waals surface area contributed by atoms with Gasteiger partial charge in [0.05, 0.1) is 23.2 Å². The van der Waals surface area contributed by atoms with Crippen molar-refractivity contribution in [3.05, 3.63) is 155 Å². The molecule has 0 amide bonds.